The molecule has 0 heterocycles. The molecule has 0 bridgehead atoms. The van der Waals surface area contributed by atoms with Gasteiger partial charge in [0.2, 0.25) is 0 Å². The maximum Gasteiger partial charge on any atom is 0.264 e. The number of hydrogen-bond acceptors (Lipinski definition) is 3. The summed E-state index contributed by atoms with van der Waals surface area (Å²) < 4.78 is 27.6. The second kappa shape index (κ2) is 5.55. The molecule has 0 fully saturated rings. The fourth-order valence-electron chi connectivity index (χ4n) is 1.45. The van der Waals surface area contributed by atoms with Crippen molar-refractivity contribution in [1.82, 2.24) is 0 Å². The number of aryl methyl sites for hydroxylation is 1. The molecule has 0 aliphatic heterocycles. The average molecular weight is 263 g/mol. The molecule has 1 aromatic rings. The number of ether oxygens (including phenoxy) is 1. The van der Waals surface area contributed by atoms with Gasteiger partial charge in [0.25, 0.3) is 9.05 Å². The molecule has 0 N–H and O–H groups in total. The van der Waals surface area contributed by atoms with E-state index in [0.29, 0.717) is 0 Å². The molecule has 5 heteroatoms. The van der Waals surface area contributed by atoms with Crippen LogP contribution < -0.4 is 4.74 Å². The van der Waals surface area contributed by atoms with Gasteiger partial charge in [0.1, 0.15) is 10.6 Å². The summed E-state index contributed by atoms with van der Waals surface area (Å²) in [7, 11) is 3.02. The summed E-state index contributed by atoms with van der Waals surface area (Å²) in [5.74, 6) is 0.287. The van der Waals surface area contributed by atoms with Crippen LogP contribution in [0.2, 0.25) is 0 Å². The smallest absolute Gasteiger partial charge is 0.264 e. The second-order valence-electron chi connectivity index (χ2n) is 3.53. The fraction of sp³-hybridized carbons (Fsp3) is 0.455. The molecular weight excluding hydrogens is 248 g/mol. The van der Waals surface area contributed by atoms with E-state index < -0.39 is 9.05 Å². The third-order valence-electron chi connectivity index (χ3n) is 2.31. The van der Waals surface area contributed by atoms with Gasteiger partial charge < -0.3 is 4.74 Å². The zero-order valence-corrected chi connectivity index (χ0v) is 10.9. The van der Waals surface area contributed by atoms with Gasteiger partial charge in [-0.25, -0.2) is 8.42 Å². The number of benzene rings is 1. The Hall–Kier alpha value is -0.740. The summed E-state index contributed by atoms with van der Waals surface area (Å²) >= 11 is 0. The van der Waals surface area contributed by atoms with Crippen LogP contribution in [-0.4, -0.2) is 15.5 Å². The van der Waals surface area contributed by atoms with Crippen molar-refractivity contribution in [3.63, 3.8) is 0 Å². The van der Waals surface area contributed by atoms with Crippen LogP contribution in [-0.2, 0) is 15.5 Å². The molecule has 0 aromatic heterocycles. The molecule has 0 saturated carbocycles. The standard InChI is InChI=1S/C11H15ClO3S/c1-3-4-5-9-6-7-10(15-2)11(8-9)16(12,13)14/h6-8H,3-5H2,1-2H3. The van der Waals surface area contributed by atoms with Crippen LogP contribution in [0.4, 0.5) is 0 Å². The highest BCUT2D eigenvalue weighted by Crippen LogP contribution is 2.28. The normalized spacial score (nSPS) is 11.4. The Balaban J connectivity index is 3.12. The summed E-state index contributed by atoms with van der Waals surface area (Å²) in [5.41, 5.74) is 0.960. The predicted octanol–water partition coefficient (Wildman–Crippen LogP) is 2.97. The monoisotopic (exact) mass is 262 g/mol. The first kappa shape index (κ1) is 13.3. The predicted molar refractivity (Wildman–Crippen MR) is 64.6 cm³/mol. The van der Waals surface area contributed by atoms with E-state index in [-0.39, 0.29) is 10.6 Å². The highest BCUT2D eigenvalue weighted by atomic mass is 35.7. The van der Waals surface area contributed by atoms with Crippen molar-refractivity contribution in [3.05, 3.63) is 23.8 Å². The lowest BCUT2D eigenvalue weighted by Gasteiger charge is -2.07. The molecule has 0 unspecified atom stereocenters. The van der Waals surface area contributed by atoms with E-state index in [2.05, 4.69) is 6.92 Å². The minimum atomic E-state index is -3.75. The molecular formula is C11H15ClO3S. The van der Waals surface area contributed by atoms with Gasteiger partial charge in [0.05, 0.1) is 7.11 Å². The molecule has 16 heavy (non-hydrogen) atoms. The number of unbranched alkanes of at least 4 members (excludes halogenated alkanes) is 1. The summed E-state index contributed by atoms with van der Waals surface area (Å²) in [5, 5.41) is 0. The van der Waals surface area contributed by atoms with Gasteiger partial charge in [-0.15, -0.1) is 0 Å². The Morgan fingerprint density at radius 1 is 1.38 bits per heavy atom. The maximum absolute atomic E-state index is 11.3. The van der Waals surface area contributed by atoms with E-state index in [1.807, 2.05) is 6.07 Å². The van der Waals surface area contributed by atoms with Crippen LogP contribution in [0.1, 0.15) is 25.3 Å². The molecule has 1 rings (SSSR count). The molecule has 0 radical (unpaired) electrons. The molecule has 0 aliphatic carbocycles. The lowest BCUT2D eigenvalue weighted by atomic mass is 10.1. The SMILES string of the molecule is CCCCc1ccc(OC)c(S(=O)(=O)Cl)c1. The molecule has 0 spiro atoms. The van der Waals surface area contributed by atoms with E-state index in [9.17, 15) is 8.42 Å². The number of rotatable bonds is 5. The second-order valence-corrected chi connectivity index (χ2v) is 6.06. The van der Waals surface area contributed by atoms with Gasteiger partial charge in [-0.05, 0) is 30.5 Å². The summed E-state index contributed by atoms with van der Waals surface area (Å²) in [6.45, 7) is 2.09. The van der Waals surface area contributed by atoms with E-state index in [1.54, 1.807) is 12.1 Å². The molecule has 3 nitrogen and oxygen atoms in total. The van der Waals surface area contributed by atoms with Crippen molar-refractivity contribution in [2.24, 2.45) is 0 Å². The van der Waals surface area contributed by atoms with Crippen LogP contribution in [0.25, 0.3) is 0 Å². The Morgan fingerprint density at radius 2 is 2.06 bits per heavy atom. The third-order valence-corrected chi connectivity index (χ3v) is 3.65. The van der Waals surface area contributed by atoms with Gasteiger partial charge in [0.15, 0.2) is 0 Å². The largest absolute Gasteiger partial charge is 0.495 e. The number of halogens is 1. The van der Waals surface area contributed by atoms with Crippen molar-refractivity contribution in [3.8, 4) is 5.75 Å². The molecule has 0 atom stereocenters. The van der Waals surface area contributed by atoms with Crippen LogP contribution in [0.15, 0.2) is 23.1 Å². The summed E-state index contributed by atoms with van der Waals surface area (Å²) in [6, 6.07) is 5.08. The van der Waals surface area contributed by atoms with Crippen LogP contribution >= 0.6 is 10.7 Å². The molecule has 0 aliphatic rings. The first-order chi connectivity index (χ1) is 7.49. The first-order valence-electron chi connectivity index (χ1n) is 5.10. The van der Waals surface area contributed by atoms with Gasteiger partial charge >= 0.3 is 0 Å². The zero-order valence-electron chi connectivity index (χ0n) is 9.36. The summed E-state index contributed by atoms with van der Waals surface area (Å²) in [4.78, 5) is 0.0465. The third kappa shape index (κ3) is 3.39. The van der Waals surface area contributed by atoms with E-state index in [0.717, 1.165) is 24.8 Å². The van der Waals surface area contributed by atoms with Crippen molar-refractivity contribution in [1.29, 1.82) is 0 Å². The highest BCUT2D eigenvalue weighted by molar-refractivity contribution is 8.13. The number of hydrogen-bond donors (Lipinski definition) is 0. The van der Waals surface area contributed by atoms with Crippen molar-refractivity contribution in [2.45, 2.75) is 31.1 Å². The zero-order chi connectivity index (χ0) is 12.2. The molecule has 0 saturated heterocycles. The van der Waals surface area contributed by atoms with Crippen molar-refractivity contribution >= 4 is 19.7 Å². The Labute approximate surface area is 101 Å². The van der Waals surface area contributed by atoms with E-state index >= 15 is 0 Å². The Kier molecular flexibility index (Phi) is 4.62. The lowest BCUT2D eigenvalue weighted by molar-refractivity contribution is 0.403. The van der Waals surface area contributed by atoms with Gasteiger partial charge in [-0.2, -0.15) is 0 Å². The van der Waals surface area contributed by atoms with Gasteiger partial charge in [-0.3, -0.25) is 0 Å². The van der Waals surface area contributed by atoms with E-state index in [1.165, 1.54) is 7.11 Å². The topological polar surface area (TPSA) is 43.4 Å². The van der Waals surface area contributed by atoms with Crippen molar-refractivity contribution in [2.75, 3.05) is 7.11 Å². The lowest BCUT2D eigenvalue weighted by Crippen LogP contribution is -1.98. The van der Waals surface area contributed by atoms with E-state index in [4.69, 9.17) is 15.4 Å². The van der Waals surface area contributed by atoms with Crippen LogP contribution in [0.3, 0.4) is 0 Å². The number of methoxy groups -OCH3 is 1. The van der Waals surface area contributed by atoms with Crippen LogP contribution in [0, 0.1) is 0 Å². The van der Waals surface area contributed by atoms with Gasteiger partial charge in [0, 0.05) is 10.7 Å². The fourth-order valence-corrected chi connectivity index (χ4v) is 2.49. The minimum absolute atomic E-state index is 0.0465. The highest BCUT2D eigenvalue weighted by Gasteiger charge is 2.16. The molecule has 90 valence electrons. The summed E-state index contributed by atoms with van der Waals surface area (Å²) in [6.07, 6.45) is 2.93. The Bertz CT molecular complexity index is 454. The van der Waals surface area contributed by atoms with Gasteiger partial charge in [-0.1, -0.05) is 19.4 Å². The molecule has 1 aromatic carbocycles. The quantitative estimate of drug-likeness (QED) is 0.767. The van der Waals surface area contributed by atoms with Crippen molar-refractivity contribution < 1.29 is 13.2 Å². The average Bonchev–Trinajstić information content (AvgIpc) is 2.24. The Morgan fingerprint density at radius 3 is 2.56 bits per heavy atom. The first-order valence-corrected chi connectivity index (χ1v) is 7.41. The molecule has 0 amide bonds. The minimum Gasteiger partial charge on any atom is -0.495 e. The van der Waals surface area contributed by atoms with Crippen LogP contribution in [0.5, 0.6) is 5.75 Å². The maximum atomic E-state index is 11.3.